The molecule has 0 radical (unpaired) electrons. The minimum Gasteiger partial charge on any atom is -0.456 e. The zero-order valence-electron chi connectivity index (χ0n) is 27.3. The van der Waals surface area contributed by atoms with Crippen molar-refractivity contribution in [3.05, 3.63) is 188 Å². The maximum Gasteiger partial charge on any atom is 0.135 e. The fourth-order valence-corrected chi connectivity index (χ4v) is 7.55. The molecule has 0 aliphatic rings. The summed E-state index contributed by atoms with van der Waals surface area (Å²) in [5, 5.41) is 9.64. The molecule has 234 valence electrons. The standard InChI is InChI=1S/C48H31NO/c1-2-11-34-29-37(21-20-32(34)10-1)36-14-9-13-35(28-36)33-22-24-39(25-23-33)49(40-26-27-48-45(31-40)44-18-7-8-19-47(44)50-48)46-30-38-12-3-4-15-41(38)42-16-5-6-17-43(42)46/h1-31H. The Hall–Kier alpha value is -6.64. The zero-order chi connectivity index (χ0) is 33.0. The average molecular weight is 638 g/mol. The van der Waals surface area contributed by atoms with E-state index >= 15 is 0 Å². The van der Waals surface area contributed by atoms with Crippen LogP contribution in [0.5, 0.6) is 0 Å². The predicted octanol–water partition coefficient (Wildman–Crippen LogP) is 13.8. The van der Waals surface area contributed by atoms with E-state index in [2.05, 4.69) is 181 Å². The van der Waals surface area contributed by atoms with Gasteiger partial charge >= 0.3 is 0 Å². The van der Waals surface area contributed by atoms with E-state index in [0.717, 1.165) is 39.0 Å². The van der Waals surface area contributed by atoms with Gasteiger partial charge in [-0.25, -0.2) is 0 Å². The minimum atomic E-state index is 0.889. The summed E-state index contributed by atoms with van der Waals surface area (Å²) in [6.07, 6.45) is 0. The second-order valence-corrected chi connectivity index (χ2v) is 13.0. The Morgan fingerprint density at radius 1 is 0.300 bits per heavy atom. The summed E-state index contributed by atoms with van der Waals surface area (Å²) in [6, 6.07) is 67.7. The quantitative estimate of drug-likeness (QED) is 0.175. The summed E-state index contributed by atoms with van der Waals surface area (Å²) in [4.78, 5) is 2.39. The van der Waals surface area contributed by atoms with E-state index in [1.54, 1.807) is 0 Å². The molecule has 1 aromatic heterocycles. The van der Waals surface area contributed by atoms with Gasteiger partial charge in [-0.2, -0.15) is 0 Å². The van der Waals surface area contributed by atoms with Gasteiger partial charge in [0.2, 0.25) is 0 Å². The van der Waals surface area contributed by atoms with Crippen LogP contribution in [-0.2, 0) is 0 Å². The molecular formula is C48H31NO. The van der Waals surface area contributed by atoms with Gasteiger partial charge in [0.05, 0.1) is 5.69 Å². The summed E-state index contributed by atoms with van der Waals surface area (Å²) in [6.45, 7) is 0. The first kappa shape index (κ1) is 28.4. The maximum absolute atomic E-state index is 6.24. The molecule has 0 bridgehead atoms. The lowest BCUT2D eigenvalue weighted by atomic mass is 9.97. The van der Waals surface area contributed by atoms with Gasteiger partial charge in [-0.15, -0.1) is 0 Å². The number of anilines is 3. The molecule has 0 amide bonds. The van der Waals surface area contributed by atoms with Gasteiger partial charge in [-0.1, -0.05) is 133 Å². The van der Waals surface area contributed by atoms with Gasteiger partial charge in [-0.05, 0) is 104 Å². The number of hydrogen-bond acceptors (Lipinski definition) is 2. The van der Waals surface area contributed by atoms with Crippen LogP contribution in [-0.4, -0.2) is 0 Å². The van der Waals surface area contributed by atoms with Gasteiger partial charge in [0, 0.05) is 27.5 Å². The van der Waals surface area contributed by atoms with Gasteiger partial charge in [0.15, 0.2) is 0 Å². The topological polar surface area (TPSA) is 16.4 Å². The highest BCUT2D eigenvalue weighted by molar-refractivity contribution is 6.15. The molecule has 0 atom stereocenters. The van der Waals surface area contributed by atoms with Gasteiger partial charge < -0.3 is 9.32 Å². The van der Waals surface area contributed by atoms with Gasteiger partial charge in [-0.3, -0.25) is 0 Å². The van der Waals surface area contributed by atoms with Crippen molar-refractivity contribution in [3.8, 4) is 22.3 Å². The van der Waals surface area contributed by atoms with E-state index in [-0.39, 0.29) is 0 Å². The average Bonchev–Trinajstić information content (AvgIpc) is 3.56. The van der Waals surface area contributed by atoms with E-state index < -0.39 is 0 Å². The Labute approximate surface area is 290 Å². The van der Waals surface area contributed by atoms with Crippen LogP contribution < -0.4 is 4.90 Å². The van der Waals surface area contributed by atoms with Crippen LogP contribution in [0.25, 0.3) is 76.5 Å². The monoisotopic (exact) mass is 637 g/mol. The van der Waals surface area contributed by atoms with Crippen molar-refractivity contribution in [3.63, 3.8) is 0 Å². The molecular weight excluding hydrogens is 607 g/mol. The first-order valence-corrected chi connectivity index (χ1v) is 17.1. The maximum atomic E-state index is 6.24. The Balaban J connectivity index is 1.12. The number of fused-ring (bicyclic) bond motifs is 7. The van der Waals surface area contributed by atoms with Crippen LogP contribution in [0.4, 0.5) is 17.1 Å². The molecule has 2 heteroatoms. The lowest BCUT2D eigenvalue weighted by Crippen LogP contribution is -2.10. The van der Waals surface area contributed by atoms with Crippen LogP contribution in [0, 0.1) is 0 Å². The largest absolute Gasteiger partial charge is 0.456 e. The Morgan fingerprint density at radius 2 is 0.900 bits per heavy atom. The van der Waals surface area contributed by atoms with Crippen molar-refractivity contribution in [2.75, 3.05) is 4.90 Å². The van der Waals surface area contributed by atoms with E-state index in [4.69, 9.17) is 4.42 Å². The summed E-state index contributed by atoms with van der Waals surface area (Å²) in [5.74, 6) is 0. The number of furan rings is 1. The molecule has 0 saturated heterocycles. The molecule has 9 aromatic carbocycles. The van der Waals surface area contributed by atoms with E-state index in [1.807, 2.05) is 12.1 Å². The van der Waals surface area contributed by atoms with Crippen LogP contribution in [0.1, 0.15) is 0 Å². The van der Waals surface area contributed by atoms with Crippen LogP contribution in [0.3, 0.4) is 0 Å². The lowest BCUT2D eigenvalue weighted by molar-refractivity contribution is 0.669. The fraction of sp³-hybridized carbons (Fsp3) is 0. The Bertz CT molecular complexity index is 2880. The fourth-order valence-electron chi connectivity index (χ4n) is 7.55. The van der Waals surface area contributed by atoms with Crippen molar-refractivity contribution in [2.45, 2.75) is 0 Å². The van der Waals surface area contributed by atoms with Crippen molar-refractivity contribution in [2.24, 2.45) is 0 Å². The smallest absolute Gasteiger partial charge is 0.135 e. The number of hydrogen-bond donors (Lipinski definition) is 0. The van der Waals surface area contributed by atoms with Crippen molar-refractivity contribution in [1.82, 2.24) is 0 Å². The molecule has 0 saturated carbocycles. The lowest BCUT2D eigenvalue weighted by Gasteiger charge is -2.28. The van der Waals surface area contributed by atoms with Crippen LogP contribution >= 0.6 is 0 Å². The Morgan fingerprint density at radius 3 is 1.74 bits per heavy atom. The number of para-hydroxylation sites is 1. The van der Waals surface area contributed by atoms with Crippen molar-refractivity contribution < 1.29 is 4.42 Å². The highest BCUT2D eigenvalue weighted by Gasteiger charge is 2.19. The number of benzene rings is 9. The minimum absolute atomic E-state index is 0.889. The second-order valence-electron chi connectivity index (χ2n) is 13.0. The molecule has 2 nitrogen and oxygen atoms in total. The van der Waals surface area contributed by atoms with Crippen LogP contribution in [0.2, 0.25) is 0 Å². The van der Waals surface area contributed by atoms with Gasteiger partial charge in [0.1, 0.15) is 11.2 Å². The summed E-state index contributed by atoms with van der Waals surface area (Å²) < 4.78 is 6.24. The van der Waals surface area contributed by atoms with E-state index in [0.29, 0.717) is 0 Å². The molecule has 0 spiro atoms. The third-order valence-electron chi connectivity index (χ3n) is 10.0. The first-order valence-electron chi connectivity index (χ1n) is 17.1. The Kier molecular flexibility index (Phi) is 6.53. The molecule has 50 heavy (non-hydrogen) atoms. The molecule has 0 fully saturated rings. The molecule has 0 aliphatic heterocycles. The van der Waals surface area contributed by atoms with Crippen molar-refractivity contribution in [1.29, 1.82) is 0 Å². The predicted molar refractivity (Wildman–Crippen MR) is 212 cm³/mol. The van der Waals surface area contributed by atoms with E-state index in [9.17, 15) is 0 Å². The highest BCUT2D eigenvalue weighted by Crippen LogP contribution is 2.44. The molecule has 0 aliphatic carbocycles. The third-order valence-corrected chi connectivity index (χ3v) is 10.0. The number of nitrogens with zero attached hydrogens (tertiary/aromatic N) is 1. The molecule has 0 N–H and O–H groups in total. The SMILES string of the molecule is c1cc(-c2ccc(N(c3ccc4oc5ccccc5c4c3)c3cc4ccccc4c4ccccc34)cc2)cc(-c2ccc3ccccc3c2)c1. The van der Waals surface area contributed by atoms with Crippen LogP contribution in [0.15, 0.2) is 192 Å². The molecule has 10 aromatic rings. The molecule has 1 heterocycles. The highest BCUT2D eigenvalue weighted by atomic mass is 16.3. The van der Waals surface area contributed by atoms with Crippen molar-refractivity contribution >= 4 is 71.3 Å². The number of rotatable bonds is 5. The summed E-state index contributed by atoms with van der Waals surface area (Å²) in [7, 11) is 0. The first-order chi connectivity index (χ1) is 24.8. The van der Waals surface area contributed by atoms with E-state index in [1.165, 1.54) is 54.6 Å². The molecule has 10 rings (SSSR count). The summed E-state index contributed by atoms with van der Waals surface area (Å²) in [5.41, 5.74) is 9.89. The zero-order valence-corrected chi connectivity index (χ0v) is 27.3. The third kappa shape index (κ3) is 4.73. The molecule has 0 unspecified atom stereocenters. The normalized spacial score (nSPS) is 11.6. The second kappa shape index (κ2) is 11.5. The van der Waals surface area contributed by atoms with Gasteiger partial charge in [0.25, 0.3) is 0 Å². The summed E-state index contributed by atoms with van der Waals surface area (Å²) >= 11 is 0.